The van der Waals surface area contributed by atoms with Gasteiger partial charge in [0.05, 0.1) is 17.7 Å². The van der Waals surface area contributed by atoms with E-state index in [-0.39, 0.29) is 5.91 Å². The fourth-order valence-corrected chi connectivity index (χ4v) is 3.91. The zero-order chi connectivity index (χ0) is 18.8. The van der Waals surface area contributed by atoms with Crippen molar-refractivity contribution in [2.24, 2.45) is 0 Å². The summed E-state index contributed by atoms with van der Waals surface area (Å²) >= 11 is 12.9. The SMILES string of the molecule is COC(=O)c1ccc2c(Cl)c(C(=O)Nc3ccc(C(=O)Cl)cc3)sc2c1. The van der Waals surface area contributed by atoms with Crippen LogP contribution in [-0.2, 0) is 4.74 Å². The van der Waals surface area contributed by atoms with Crippen LogP contribution in [0.25, 0.3) is 10.1 Å². The van der Waals surface area contributed by atoms with Crippen LogP contribution in [0.2, 0.25) is 5.02 Å². The van der Waals surface area contributed by atoms with Crippen LogP contribution in [0, 0.1) is 0 Å². The molecule has 26 heavy (non-hydrogen) atoms. The summed E-state index contributed by atoms with van der Waals surface area (Å²) in [4.78, 5) is 35.6. The Balaban J connectivity index is 1.89. The van der Waals surface area contributed by atoms with Gasteiger partial charge in [-0.1, -0.05) is 17.7 Å². The molecule has 0 fully saturated rings. The van der Waals surface area contributed by atoms with Gasteiger partial charge >= 0.3 is 5.97 Å². The van der Waals surface area contributed by atoms with Gasteiger partial charge in [0.2, 0.25) is 0 Å². The molecule has 0 spiro atoms. The van der Waals surface area contributed by atoms with Crippen LogP contribution in [0.3, 0.4) is 0 Å². The quantitative estimate of drug-likeness (QED) is 0.489. The van der Waals surface area contributed by atoms with Crippen molar-refractivity contribution in [1.82, 2.24) is 0 Å². The Morgan fingerprint density at radius 2 is 1.69 bits per heavy atom. The van der Waals surface area contributed by atoms with Crippen molar-refractivity contribution in [2.75, 3.05) is 12.4 Å². The number of halogens is 2. The van der Waals surface area contributed by atoms with Gasteiger partial charge in [0.1, 0.15) is 4.88 Å². The largest absolute Gasteiger partial charge is 0.465 e. The van der Waals surface area contributed by atoms with Crippen LogP contribution in [0.5, 0.6) is 0 Å². The number of esters is 1. The third-order valence-corrected chi connectivity index (χ3v) is 5.50. The lowest BCUT2D eigenvalue weighted by Gasteiger charge is -2.04. The summed E-state index contributed by atoms with van der Waals surface area (Å²) in [7, 11) is 1.30. The number of hydrogen-bond acceptors (Lipinski definition) is 5. The standard InChI is InChI=1S/C18H11Cl2NO4S/c1-25-18(24)10-4-7-12-13(8-10)26-15(14(12)19)17(23)21-11-5-2-9(3-6-11)16(20)22/h2-8H,1H3,(H,21,23). The Kier molecular flexibility index (Phi) is 5.27. The first-order valence-corrected chi connectivity index (χ1v) is 8.89. The van der Waals surface area contributed by atoms with Crippen LogP contribution < -0.4 is 5.32 Å². The highest BCUT2D eigenvalue weighted by Crippen LogP contribution is 2.36. The van der Waals surface area contributed by atoms with Gasteiger partial charge in [0.25, 0.3) is 11.1 Å². The van der Waals surface area contributed by atoms with E-state index in [9.17, 15) is 14.4 Å². The minimum absolute atomic E-state index is 0.312. The lowest BCUT2D eigenvalue weighted by Crippen LogP contribution is -2.10. The maximum atomic E-state index is 12.5. The molecule has 1 aromatic heterocycles. The lowest BCUT2D eigenvalue weighted by molar-refractivity contribution is 0.0600. The van der Waals surface area contributed by atoms with E-state index in [4.69, 9.17) is 27.9 Å². The van der Waals surface area contributed by atoms with Crippen molar-refractivity contribution < 1.29 is 19.1 Å². The molecule has 5 nitrogen and oxygen atoms in total. The van der Waals surface area contributed by atoms with Gasteiger partial charge in [-0.05, 0) is 48.0 Å². The molecular formula is C18H11Cl2NO4S. The summed E-state index contributed by atoms with van der Waals surface area (Å²) in [6.07, 6.45) is 0. The molecule has 0 aliphatic heterocycles. The van der Waals surface area contributed by atoms with E-state index in [0.717, 1.165) is 0 Å². The van der Waals surface area contributed by atoms with E-state index < -0.39 is 11.2 Å². The Morgan fingerprint density at radius 3 is 2.31 bits per heavy atom. The van der Waals surface area contributed by atoms with Gasteiger partial charge in [0, 0.05) is 21.3 Å². The van der Waals surface area contributed by atoms with Crippen molar-refractivity contribution in [3.8, 4) is 0 Å². The van der Waals surface area contributed by atoms with E-state index in [2.05, 4.69) is 5.32 Å². The molecule has 0 saturated carbocycles. The minimum Gasteiger partial charge on any atom is -0.465 e. The highest BCUT2D eigenvalue weighted by atomic mass is 35.5. The number of carbonyl (C=O) groups is 3. The molecule has 2 aromatic carbocycles. The van der Waals surface area contributed by atoms with Crippen molar-refractivity contribution in [2.45, 2.75) is 0 Å². The summed E-state index contributed by atoms with van der Waals surface area (Å²) in [6, 6.07) is 11.1. The average Bonchev–Trinajstić information content (AvgIpc) is 2.97. The first-order chi connectivity index (χ1) is 12.4. The van der Waals surface area contributed by atoms with Crippen LogP contribution in [0.4, 0.5) is 5.69 Å². The Morgan fingerprint density at radius 1 is 1.04 bits per heavy atom. The van der Waals surface area contributed by atoms with E-state index in [1.165, 1.54) is 30.6 Å². The van der Waals surface area contributed by atoms with E-state index in [1.807, 2.05) is 0 Å². The summed E-state index contributed by atoms with van der Waals surface area (Å²) < 4.78 is 5.40. The number of anilines is 1. The molecule has 0 saturated heterocycles. The molecule has 0 aliphatic rings. The van der Waals surface area contributed by atoms with Crippen molar-refractivity contribution in [3.05, 3.63) is 63.5 Å². The van der Waals surface area contributed by atoms with Gasteiger partial charge in [0.15, 0.2) is 0 Å². The van der Waals surface area contributed by atoms with Gasteiger partial charge in [-0.2, -0.15) is 0 Å². The Hall–Kier alpha value is -2.41. The van der Waals surface area contributed by atoms with Crippen LogP contribution in [0.1, 0.15) is 30.4 Å². The number of carbonyl (C=O) groups excluding carboxylic acids is 3. The van der Waals surface area contributed by atoms with Crippen LogP contribution in [-0.4, -0.2) is 24.2 Å². The number of hydrogen-bond donors (Lipinski definition) is 1. The van der Waals surface area contributed by atoms with Gasteiger partial charge in [-0.25, -0.2) is 4.79 Å². The molecule has 1 heterocycles. The normalized spacial score (nSPS) is 10.6. The Labute approximate surface area is 162 Å². The summed E-state index contributed by atoms with van der Waals surface area (Å²) in [5.74, 6) is -0.850. The number of rotatable bonds is 4. The van der Waals surface area contributed by atoms with Gasteiger partial charge < -0.3 is 10.1 Å². The third-order valence-electron chi connectivity index (χ3n) is 3.63. The number of fused-ring (bicyclic) bond motifs is 1. The zero-order valence-electron chi connectivity index (χ0n) is 13.3. The maximum absolute atomic E-state index is 12.5. The third kappa shape index (κ3) is 3.58. The smallest absolute Gasteiger partial charge is 0.337 e. The van der Waals surface area contributed by atoms with Gasteiger partial charge in [-0.15, -0.1) is 11.3 Å². The van der Waals surface area contributed by atoms with Crippen molar-refractivity contribution in [1.29, 1.82) is 0 Å². The van der Waals surface area contributed by atoms with E-state index in [0.29, 0.717) is 36.8 Å². The minimum atomic E-state index is -0.572. The van der Waals surface area contributed by atoms with Crippen molar-refractivity contribution >= 4 is 67.4 Å². The molecule has 8 heteroatoms. The molecule has 132 valence electrons. The molecule has 0 bridgehead atoms. The first kappa shape index (κ1) is 18.4. The van der Waals surface area contributed by atoms with E-state index >= 15 is 0 Å². The topological polar surface area (TPSA) is 72.5 Å². The summed E-state index contributed by atoms with van der Waals surface area (Å²) in [6.45, 7) is 0. The van der Waals surface area contributed by atoms with E-state index in [1.54, 1.807) is 30.3 Å². The zero-order valence-corrected chi connectivity index (χ0v) is 15.7. The number of thiophene rings is 1. The first-order valence-electron chi connectivity index (χ1n) is 7.32. The molecule has 0 radical (unpaired) electrons. The molecule has 3 aromatic rings. The second-order valence-corrected chi connectivity index (χ2v) is 7.03. The molecule has 3 rings (SSSR count). The molecule has 1 amide bonds. The molecule has 0 atom stereocenters. The summed E-state index contributed by atoms with van der Waals surface area (Å²) in [5, 5.41) is 3.13. The fraction of sp³-hybridized carbons (Fsp3) is 0.0556. The summed E-state index contributed by atoms with van der Waals surface area (Å²) in [5.41, 5.74) is 1.21. The fourth-order valence-electron chi connectivity index (χ4n) is 2.33. The maximum Gasteiger partial charge on any atom is 0.337 e. The average molecular weight is 408 g/mol. The number of nitrogens with one attached hydrogen (secondary N) is 1. The number of ether oxygens (including phenoxy) is 1. The number of amides is 1. The Bertz CT molecular complexity index is 1030. The predicted molar refractivity (Wildman–Crippen MR) is 103 cm³/mol. The molecule has 0 aliphatic carbocycles. The second-order valence-electron chi connectivity index (χ2n) is 5.25. The van der Waals surface area contributed by atoms with Crippen LogP contribution in [0.15, 0.2) is 42.5 Å². The lowest BCUT2D eigenvalue weighted by atomic mass is 10.1. The highest BCUT2D eigenvalue weighted by molar-refractivity contribution is 7.21. The monoisotopic (exact) mass is 407 g/mol. The highest BCUT2D eigenvalue weighted by Gasteiger charge is 2.19. The number of benzene rings is 2. The predicted octanol–water partition coefficient (Wildman–Crippen LogP) is 4.97. The second kappa shape index (κ2) is 7.45. The number of methoxy groups -OCH3 is 1. The van der Waals surface area contributed by atoms with Gasteiger partial charge in [-0.3, -0.25) is 9.59 Å². The van der Waals surface area contributed by atoms with Crippen LogP contribution >= 0.6 is 34.5 Å². The molecular weight excluding hydrogens is 397 g/mol. The molecule has 1 N–H and O–H groups in total. The van der Waals surface area contributed by atoms with Crippen molar-refractivity contribution in [3.63, 3.8) is 0 Å². The molecule has 0 unspecified atom stereocenters.